The maximum atomic E-state index is 12.1. The molecule has 0 aromatic heterocycles. The smallest absolute Gasteiger partial charge is 0.251 e. The first-order valence-electron chi connectivity index (χ1n) is 6.76. The predicted octanol–water partition coefficient (Wildman–Crippen LogP) is 2.80. The Balaban J connectivity index is 1.93. The van der Waals surface area contributed by atoms with E-state index in [1.807, 2.05) is 24.3 Å². The summed E-state index contributed by atoms with van der Waals surface area (Å²) >= 11 is 2.22. The highest BCUT2D eigenvalue weighted by molar-refractivity contribution is 14.1. The lowest BCUT2D eigenvalue weighted by molar-refractivity contribution is 0.0929. The zero-order chi connectivity index (χ0) is 13.9. The number of hydrogen-bond donors (Lipinski definition) is 2. The molecule has 19 heavy (non-hydrogen) atoms. The molecule has 1 heterocycles. The molecule has 0 bridgehead atoms. The number of piperidine rings is 1. The molecule has 2 N–H and O–H groups in total. The minimum Gasteiger partial charge on any atom is -0.350 e. The van der Waals surface area contributed by atoms with Gasteiger partial charge in [0.05, 0.1) is 0 Å². The first-order chi connectivity index (χ1) is 8.99. The molecule has 0 aliphatic carbocycles. The second-order valence-corrected chi connectivity index (χ2v) is 7.06. The third-order valence-electron chi connectivity index (χ3n) is 3.89. The summed E-state index contributed by atoms with van der Waals surface area (Å²) in [6.45, 7) is 6.27. The Bertz CT molecular complexity index is 459. The normalized spacial score (nSPS) is 21.9. The molecular formula is C15H21IN2O. The number of amides is 1. The Hall–Kier alpha value is -0.620. The van der Waals surface area contributed by atoms with Crippen LogP contribution in [0.3, 0.4) is 0 Å². The lowest BCUT2D eigenvalue weighted by atomic mass is 9.77. The van der Waals surface area contributed by atoms with Gasteiger partial charge in [0.25, 0.3) is 5.91 Å². The molecule has 1 saturated heterocycles. The Morgan fingerprint density at radius 2 is 2.32 bits per heavy atom. The van der Waals surface area contributed by atoms with E-state index in [9.17, 15) is 4.79 Å². The lowest BCUT2D eigenvalue weighted by Crippen LogP contribution is -2.52. The minimum atomic E-state index is 0.0155. The Morgan fingerprint density at radius 1 is 1.53 bits per heavy atom. The van der Waals surface area contributed by atoms with Crippen LogP contribution in [-0.4, -0.2) is 25.0 Å². The van der Waals surface area contributed by atoms with Crippen molar-refractivity contribution in [2.24, 2.45) is 5.41 Å². The number of benzene rings is 1. The van der Waals surface area contributed by atoms with E-state index in [0.717, 1.165) is 15.7 Å². The van der Waals surface area contributed by atoms with Gasteiger partial charge in [-0.15, -0.1) is 0 Å². The summed E-state index contributed by atoms with van der Waals surface area (Å²) in [5.41, 5.74) is 0.983. The maximum Gasteiger partial charge on any atom is 0.251 e. The Kier molecular flexibility index (Phi) is 4.84. The number of carbonyl (C=O) groups excluding carboxylic acids is 1. The van der Waals surface area contributed by atoms with E-state index in [1.54, 1.807) is 0 Å². The van der Waals surface area contributed by atoms with Crippen LogP contribution in [0.15, 0.2) is 24.3 Å². The highest BCUT2D eigenvalue weighted by Gasteiger charge is 2.31. The molecule has 1 aromatic carbocycles. The standard InChI is InChI=1S/C15H21IN2O/c1-15(2)7-4-8-17-13(15)10-18-14(19)11-5-3-6-12(16)9-11/h3,5-6,9,13,17H,4,7-8,10H2,1-2H3,(H,18,19). The zero-order valence-electron chi connectivity index (χ0n) is 11.5. The average molecular weight is 372 g/mol. The molecular weight excluding hydrogens is 351 g/mol. The van der Waals surface area contributed by atoms with Crippen molar-refractivity contribution in [3.63, 3.8) is 0 Å². The monoisotopic (exact) mass is 372 g/mol. The van der Waals surface area contributed by atoms with Crippen molar-refractivity contribution in [1.82, 2.24) is 10.6 Å². The first kappa shape index (κ1) is 14.8. The maximum absolute atomic E-state index is 12.1. The van der Waals surface area contributed by atoms with Crippen LogP contribution in [0.1, 0.15) is 37.0 Å². The number of halogens is 1. The molecule has 1 atom stereocenters. The van der Waals surface area contributed by atoms with Crippen molar-refractivity contribution < 1.29 is 4.79 Å². The van der Waals surface area contributed by atoms with Crippen molar-refractivity contribution in [1.29, 1.82) is 0 Å². The quantitative estimate of drug-likeness (QED) is 0.802. The van der Waals surface area contributed by atoms with Gasteiger partial charge < -0.3 is 10.6 Å². The SMILES string of the molecule is CC1(C)CCCNC1CNC(=O)c1cccc(I)c1. The van der Waals surface area contributed by atoms with Gasteiger partial charge in [-0.3, -0.25) is 4.79 Å². The van der Waals surface area contributed by atoms with Crippen LogP contribution >= 0.6 is 22.6 Å². The van der Waals surface area contributed by atoms with Gasteiger partial charge >= 0.3 is 0 Å². The van der Waals surface area contributed by atoms with Crippen molar-refractivity contribution >= 4 is 28.5 Å². The van der Waals surface area contributed by atoms with E-state index in [-0.39, 0.29) is 11.3 Å². The van der Waals surface area contributed by atoms with Crippen LogP contribution in [0.25, 0.3) is 0 Å². The fraction of sp³-hybridized carbons (Fsp3) is 0.533. The molecule has 104 valence electrons. The van der Waals surface area contributed by atoms with Gasteiger partial charge in [0.1, 0.15) is 0 Å². The lowest BCUT2D eigenvalue weighted by Gasteiger charge is -2.39. The Labute approximate surface area is 128 Å². The van der Waals surface area contributed by atoms with E-state index in [2.05, 4.69) is 47.1 Å². The average Bonchev–Trinajstić information content (AvgIpc) is 2.36. The summed E-state index contributed by atoms with van der Waals surface area (Å²) in [6.07, 6.45) is 2.43. The predicted molar refractivity (Wildman–Crippen MR) is 86.3 cm³/mol. The highest BCUT2D eigenvalue weighted by atomic mass is 127. The molecule has 1 unspecified atom stereocenters. The minimum absolute atomic E-state index is 0.0155. The molecule has 0 spiro atoms. The molecule has 1 fully saturated rings. The summed E-state index contributed by atoms with van der Waals surface area (Å²) in [6, 6.07) is 8.03. The van der Waals surface area contributed by atoms with Gasteiger partial charge in [0.2, 0.25) is 0 Å². The van der Waals surface area contributed by atoms with Crippen LogP contribution in [0.5, 0.6) is 0 Å². The first-order valence-corrected chi connectivity index (χ1v) is 7.84. The molecule has 1 aliphatic heterocycles. The summed E-state index contributed by atoms with van der Waals surface area (Å²) < 4.78 is 1.08. The fourth-order valence-electron chi connectivity index (χ4n) is 2.55. The summed E-state index contributed by atoms with van der Waals surface area (Å²) in [7, 11) is 0. The van der Waals surface area contributed by atoms with Crippen LogP contribution in [0.2, 0.25) is 0 Å². The zero-order valence-corrected chi connectivity index (χ0v) is 13.7. The second kappa shape index (κ2) is 6.22. The third kappa shape index (κ3) is 3.92. The summed E-state index contributed by atoms with van der Waals surface area (Å²) in [5.74, 6) is 0.0155. The molecule has 0 saturated carbocycles. The molecule has 1 amide bonds. The number of nitrogens with one attached hydrogen (secondary N) is 2. The van der Waals surface area contributed by atoms with Gasteiger partial charge in [-0.1, -0.05) is 19.9 Å². The second-order valence-electron chi connectivity index (χ2n) is 5.82. The summed E-state index contributed by atoms with van der Waals surface area (Å²) in [5, 5.41) is 6.56. The number of hydrogen-bond acceptors (Lipinski definition) is 2. The van der Waals surface area contributed by atoms with Crippen LogP contribution in [-0.2, 0) is 0 Å². The van der Waals surface area contributed by atoms with E-state index >= 15 is 0 Å². The van der Waals surface area contributed by atoms with Crippen molar-refractivity contribution in [2.75, 3.05) is 13.1 Å². The van der Waals surface area contributed by atoms with Crippen molar-refractivity contribution in [3.8, 4) is 0 Å². The van der Waals surface area contributed by atoms with Gasteiger partial charge in [0.15, 0.2) is 0 Å². The molecule has 1 aliphatic rings. The van der Waals surface area contributed by atoms with E-state index in [4.69, 9.17) is 0 Å². The van der Waals surface area contributed by atoms with Crippen molar-refractivity contribution in [3.05, 3.63) is 33.4 Å². The van der Waals surface area contributed by atoms with Crippen LogP contribution < -0.4 is 10.6 Å². The largest absolute Gasteiger partial charge is 0.350 e. The topological polar surface area (TPSA) is 41.1 Å². The molecule has 2 rings (SSSR count). The Morgan fingerprint density at radius 3 is 3.00 bits per heavy atom. The van der Waals surface area contributed by atoms with Crippen molar-refractivity contribution in [2.45, 2.75) is 32.7 Å². The summed E-state index contributed by atoms with van der Waals surface area (Å²) in [4.78, 5) is 12.1. The van der Waals surface area contributed by atoms with E-state index < -0.39 is 0 Å². The van der Waals surface area contributed by atoms with Gasteiger partial charge in [-0.05, 0) is 65.6 Å². The third-order valence-corrected chi connectivity index (χ3v) is 4.56. The van der Waals surface area contributed by atoms with Gasteiger partial charge in [-0.2, -0.15) is 0 Å². The van der Waals surface area contributed by atoms with Crippen LogP contribution in [0, 0.1) is 8.99 Å². The fourth-order valence-corrected chi connectivity index (χ4v) is 3.09. The van der Waals surface area contributed by atoms with Gasteiger partial charge in [-0.25, -0.2) is 0 Å². The number of rotatable bonds is 3. The van der Waals surface area contributed by atoms with Gasteiger partial charge in [0, 0.05) is 21.7 Å². The number of carbonyl (C=O) groups is 1. The molecule has 4 heteroatoms. The molecule has 3 nitrogen and oxygen atoms in total. The van der Waals surface area contributed by atoms with E-state index in [0.29, 0.717) is 12.6 Å². The molecule has 0 radical (unpaired) electrons. The highest BCUT2D eigenvalue weighted by Crippen LogP contribution is 2.29. The van der Waals surface area contributed by atoms with Crippen LogP contribution in [0.4, 0.5) is 0 Å². The molecule has 1 aromatic rings. The van der Waals surface area contributed by atoms with E-state index in [1.165, 1.54) is 12.8 Å².